The Balaban J connectivity index is 2.06. The summed E-state index contributed by atoms with van der Waals surface area (Å²) in [5, 5.41) is 0. The number of anilines is 1. The minimum absolute atomic E-state index is 0.231. The van der Waals surface area contributed by atoms with Gasteiger partial charge in [-0.2, -0.15) is 0 Å². The molecule has 110 valence electrons. The van der Waals surface area contributed by atoms with Crippen LogP contribution in [0.15, 0.2) is 6.07 Å². The summed E-state index contributed by atoms with van der Waals surface area (Å²) in [6.45, 7) is 11.8. The van der Waals surface area contributed by atoms with Crippen molar-refractivity contribution in [3.63, 3.8) is 0 Å². The van der Waals surface area contributed by atoms with E-state index in [0.717, 1.165) is 43.5 Å². The van der Waals surface area contributed by atoms with Gasteiger partial charge in [0.25, 0.3) is 0 Å². The van der Waals surface area contributed by atoms with Crippen LogP contribution in [0.3, 0.4) is 0 Å². The molecular formula is C14H23N5S. The highest BCUT2D eigenvalue weighted by atomic mass is 32.1. The van der Waals surface area contributed by atoms with Crippen LogP contribution in [-0.2, 0) is 0 Å². The third-order valence-corrected chi connectivity index (χ3v) is 4.43. The van der Waals surface area contributed by atoms with Crippen molar-refractivity contribution in [2.45, 2.75) is 33.2 Å². The predicted octanol–water partition coefficient (Wildman–Crippen LogP) is 1.28. The lowest BCUT2D eigenvalue weighted by Gasteiger charge is -2.43. The molecule has 1 aromatic heterocycles. The first-order chi connectivity index (χ1) is 9.30. The Morgan fingerprint density at radius 1 is 1.15 bits per heavy atom. The highest BCUT2D eigenvalue weighted by molar-refractivity contribution is 7.80. The summed E-state index contributed by atoms with van der Waals surface area (Å²) in [6.07, 6.45) is 0. The predicted molar refractivity (Wildman–Crippen MR) is 86.2 cm³/mol. The largest absolute Gasteiger partial charge is 0.392 e. The first kappa shape index (κ1) is 15.1. The van der Waals surface area contributed by atoms with E-state index >= 15 is 0 Å². The van der Waals surface area contributed by atoms with Crippen LogP contribution in [0.5, 0.6) is 0 Å². The van der Waals surface area contributed by atoms with Gasteiger partial charge in [-0.1, -0.05) is 12.2 Å². The lowest BCUT2D eigenvalue weighted by molar-refractivity contribution is 0.167. The molecule has 2 rings (SSSR count). The molecule has 5 nitrogen and oxygen atoms in total. The summed E-state index contributed by atoms with van der Waals surface area (Å²) in [4.78, 5) is 14.2. The zero-order valence-corrected chi connectivity index (χ0v) is 13.5. The van der Waals surface area contributed by atoms with Gasteiger partial charge in [-0.3, -0.25) is 4.90 Å². The van der Waals surface area contributed by atoms with Crippen molar-refractivity contribution < 1.29 is 0 Å². The highest BCUT2D eigenvalue weighted by Gasteiger charge is 2.32. The van der Waals surface area contributed by atoms with Crippen molar-refractivity contribution in [1.29, 1.82) is 0 Å². The number of hydrogen-bond acceptors (Lipinski definition) is 5. The Morgan fingerprint density at radius 2 is 1.65 bits per heavy atom. The Labute approximate surface area is 126 Å². The van der Waals surface area contributed by atoms with Crippen molar-refractivity contribution in [1.82, 2.24) is 14.9 Å². The van der Waals surface area contributed by atoms with E-state index in [-0.39, 0.29) is 5.54 Å². The molecule has 0 atom stereocenters. The number of aryl methyl sites for hydroxylation is 2. The maximum atomic E-state index is 5.84. The number of aromatic nitrogens is 2. The molecule has 0 aliphatic carbocycles. The lowest BCUT2D eigenvalue weighted by Crippen LogP contribution is -2.59. The zero-order valence-electron chi connectivity index (χ0n) is 12.7. The molecule has 0 amide bonds. The minimum atomic E-state index is -0.231. The Kier molecular flexibility index (Phi) is 4.25. The summed E-state index contributed by atoms with van der Waals surface area (Å²) in [5.41, 5.74) is 7.63. The fraction of sp³-hybridized carbons (Fsp3) is 0.643. The van der Waals surface area contributed by atoms with E-state index in [4.69, 9.17) is 18.0 Å². The van der Waals surface area contributed by atoms with Gasteiger partial charge in [0.05, 0.1) is 10.5 Å². The number of rotatable bonds is 3. The molecule has 0 aromatic carbocycles. The molecule has 2 heterocycles. The van der Waals surface area contributed by atoms with Gasteiger partial charge in [0.2, 0.25) is 5.95 Å². The molecule has 1 fully saturated rings. The van der Waals surface area contributed by atoms with Crippen LogP contribution >= 0.6 is 12.2 Å². The van der Waals surface area contributed by atoms with E-state index in [9.17, 15) is 0 Å². The third-order valence-electron chi connectivity index (χ3n) is 3.93. The van der Waals surface area contributed by atoms with Crippen LogP contribution in [-0.4, -0.2) is 51.6 Å². The average Bonchev–Trinajstić information content (AvgIpc) is 2.37. The lowest BCUT2D eigenvalue weighted by atomic mass is 10.0. The van der Waals surface area contributed by atoms with Crippen LogP contribution in [0.1, 0.15) is 25.2 Å². The van der Waals surface area contributed by atoms with Gasteiger partial charge in [0, 0.05) is 37.6 Å². The van der Waals surface area contributed by atoms with Crippen molar-refractivity contribution in [2.24, 2.45) is 5.73 Å². The molecule has 1 aliphatic heterocycles. The number of hydrogen-bond donors (Lipinski definition) is 1. The smallest absolute Gasteiger partial charge is 0.225 e. The first-order valence-corrected chi connectivity index (χ1v) is 7.33. The summed E-state index contributed by atoms with van der Waals surface area (Å²) in [6, 6.07) is 2.00. The van der Waals surface area contributed by atoms with Crippen molar-refractivity contribution in [2.75, 3.05) is 31.1 Å². The van der Waals surface area contributed by atoms with Crippen LogP contribution in [0.2, 0.25) is 0 Å². The second kappa shape index (κ2) is 5.61. The monoisotopic (exact) mass is 293 g/mol. The Morgan fingerprint density at radius 3 is 2.10 bits per heavy atom. The van der Waals surface area contributed by atoms with E-state index in [1.165, 1.54) is 0 Å². The standard InChI is InChI=1S/C14H23N5S/c1-10-9-11(2)17-13(16-10)18-5-7-19(8-6-18)14(3,4)12(15)20/h9H,5-8H2,1-4H3,(H2,15,20). The quantitative estimate of drug-likeness (QED) is 0.847. The number of nitrogens with zero attached hydrogens (tertiary/aromatic N) is 4. The van der Waals surface area contributed by atoms with E-state index in [1.54, 1.807) is 0 Å². The molecule has 0 radical (unpaired) electrons. The van der Waals surface area contributed by atoms with E-state index < -0.39 is 0 Å². The van der Waals surface area contributed by atoms with Gasteiger partial charge in [-0.05, 0) is 33.8 Å². The number of piperazine rings is 1. The van der Waals surface area contributed by atoms with E-state index in [1.807, 2.05) is 19.9 Å². The Hall–Kier alpha value is -1.27. The zero-order chi connectivity index (χ0) is 14.9. The van der Waals surface area contributed by atoms with Gasteiger partial charge in [0.1, 0.15) is 0 Å². The molecular weight excluding hydrogens is 270 g/mol. The van der Waals surface area contributed by atoms with Crippen LogP contribution < -0.4 is 10.6 Å². The SMILES string of the molecule is Cc1cc(C)nc(N2CCN(C(C)(C)C(N)=S)CC2)n1. The van der Waals surface area contributed by atoms with Crippen LogP contribution in [0, 0.1) is 13.8 Å². The summed E-state index contributed by atoms with van der Waals surface area (Å²) in [7, 11) is 0. The Bertz CT molecular complexity index is 486. The first-order valence-electron chi connectivity index (χ1n) is 6.93. The average molecular weight is 293 g/mol. The van der Waals surface area contributed by atoms with E-state index in [2.05, 4.69) is 33.6 Å². The van der Waals surface area contributed by atoms with Crippen molar-refractivity contribution in [3.05, 3.63) is 17.5 Å². The molecule has 1 aromatic rings. The molecule has 1 aliphatic rings. The molecule has 1 saturated heterocycles. The molecule has 0 unspecified atom stereocenters. The van der Waals surface area contributed by atoms with Gasteiger partial charge in [0.15, 0.2) is 0 Å². The summed E-state index contributed by atoms with van der Waals surface area (Å²) < 4.78 is 0. The maximum Gasteiger partial charge on any atom is 0.225 e. The number of thiocarbonyl (C=S) groups is 1. The topological polar surface area (TPSA) is 58.3 Å². The molecule has 6 heteroatoms. The fourth-order valence-corrected chi connectivity index (χ4v) is 2.60. The van der Waals surface area contributed by atoms with Crippen molar-refractivity contribution in [3.8, 4) is 0 Å². The van der Waals surface area contributed by atoms with Gasteiger partial charge < -0.3 is 10.6 Å². The molecule has 0 saturated carbocycles. The second-order valence-electron chi connectivity index (χ2n) is 5.85. The van der Waals surface area contributed by atoms with Crippen LogP contribution in [0.25, 0.3) is 0 Å². The summed E-state index contributed by atoms with van der Waals surface area (Å²) in [5.74, 6) is 0.829. The van der Waals surface area contributed by atoms with Gasteiger partial charge in [-0.15, -0.1) is 0 Å². The van der Waals surface area contributed by atoms with E-state index in [0.29, 0.717) is 4.99 Å². The summed E-state index contributed by atoms with van der Waals surface area (Å²) >= 11 is 5.17. The number of nitrogens with two attached hydrogens (primary N) is 1. The van der Waals surface area contributed by atoms with Gasteiger partial charge in [-0.25, -0.2) is 9.97 Å². The molecule has 0 bridgehead atoms. The highest BCUT2D eigenvalue weighted by Crippen LogP contribution is 2.19. The molecule has 20 heavy (non-hydrogen) atoms. The second-order valence-corrected chi connectivity index (χ2v) is 6.29. The molecule has 2 N–H and O–H groups in total. The fourth-order valence-electron chi connectivity index (χ4n) is 2.47. The van der Waals surface area contributed by atoms with Gasteiger partial charge >= 0.3 is 0 Å². The molecule has 0 spiro atoms. The van der Waals surface area contributed by atoms with Crippen molar-refractivity contribution >= 4 is 23.2 Å². The normalized spacial score (nSPS) is 17.3. The maximum absolute atomic E-state index is 5.84. The minimum Gasteiger partial charge on any atom is -0.392 e. The third kappa shape index (κ3) is 3.07. The van der Waals surface area contributed by atoms with Crippen LogP contribution in [0.4, 0.5) is 5.95 Å².